The molecule has 1 heterocycles. The van der Waals surface area contributed by atoms with Gasteiger partial charge in [0.05, 0.1) is 0 Å². The van der Waals surface area contributed by atoms with Gasteiger partial charge < -0.3 is 10.2 Å². The minimum absolute atomic E-state index is 0.0607. The molecular formula is C23H21N3O. The number of likely N-dealkylation sites (N-methyl/N-ethyl adjacent to an activating group) is 1. The van der Waals surface area contributed by atoms with Crippen LogP contribution in [0.15, 0.2) is 78.0 Å². The Balaban J connectivity index is 1.85. The van der Waals surface area contributed by atoms with Crippen molar-refractivity contribution in [2.45, 2.75) is 13.8 Å². The lowest BCUT2D eigenvalue weighted by atomic mass is 10.0. The molecule has 1 amide bonds. The molecule has 134 valence electrons. The molecule has 1 aliphatic rings. The van der Waals surface area contributed by atoms with Crippen molar-refractivity contribution in [3.05, 3.63) is 89.2 Å². The molecule has 4 heteroatoms. The first-order valence-corrected chi connectivity index (χ1v) is 8.87. The molecule has 0 fully saturated rings. The fourth-order valence-corrected chi connectivity index (χ4v) is 3.01. The molecule has 1 N–H and O–H groups in total. The maximum Gasteiger partial charge on any atom is 0.266 e. The molecule has 3 rings (SSSR count). The zero-order chi connectivity index (χ0) is 19.2. The van der Waals surface area contributed by atoms with Gasteiger partial charge in [-0.1, -0.05) is 35.9 Å². The molecular weight excluding hydrogens is 334 g/mol. The summed E-state index contributed by atoms with van der Waals surface area (Å²) >= 11 is 0. The molecule has 0 saturated heterocycles. The monoisotopic (exact) mass is 355 g/mol. The van der Waals surface area contributed by atoms with Gasteiger partial charge in [0.2, 0.25) is 0 Å². The predicted octanol–water partition coefficient (Wildman–Crippen LogP) is 4.82. The minimum Gasteiger partial charge on any atom is -0.341 e. The van der Waals surface area contributed by atoms with E-state index in [-0.39, 0.29) is 5.57 Å². The number of hydrogen-bond donors (Lipinski definition) is 1. The van der Waals surface area contributed by atoms with Crippen molar-refractivity contribution in [2.75, 3.05) is 16.8 Å². The summed E-state index contributed by atoms with van der Waals surface area (Å²) in [6.45, 7) is 4.94. The normalized spacial score (nSPS) is 14.6. The zero-order valence-electron chi connectivity index (χ0n) is 15.4. The summed E-state index contributed by atoms with van der Waals surface area (Å²) in [6.07, 6.45) is 7.45. The fraction of sp³-hybridized carbons (Fsp3) is 0.130. The molecule has 2 aromatic rings. The quantitative estimate of drug-likeness (QED) is 0.632. The van der Waals surface area contributed by atoms with Crippen LogP contribution in [0.4, 0.5) is 11.4 Å². The standard InChI is InChI=1S/C23H21N3O/c1-3-26-21(12-10-18-15-17(2)9-14-22(18)26)13-11-19(16-24)23(27)25-20-7-5-4-6-8-20/h4-15H,3H2,1-2H3,(H,25,27)/b19-11+,21-13+. The second kappa shape index (κ2) is 8.20. The van der Waals surface area contributed by atoms with Crippen molar-refractivity contribution in [1.29, 1.82) is 5.26 Å². The van der Waals surface area contributed by atoms with Gasteiger partial charge in [0.15, 0.2) is 0 Å². The molecule has 0 bridgehead atoms. The molecule has 27 heavy (non-hydrogen) atoms. The first-order valence-electron chi connectivity index (χ1n) is 8.87. The first kappa shape index (κ1) is 18.2. The van der Waals surface area contributed by atoms with Crippen LogP contribution in [0.2, 0.25) is 0 Å². The van der Waals surface area contributed by atoms with Crippen LogP contribution in [-0.4, -0.2) is 12.5 Å². The van der Waals surface area contributed by atoms with Crippen molar-refractivity contribution in [3.63, 3.8) is 0 Å². The highest BCUT2D eigenvalue weighted by molar-refractivity contribution is 6.06. The van der Waals surface area contributed by atoms with Gasteiger partial charge in [-0.25, -0.2) is 0 Å². The fourth-order valence-electron chi connectivity index (χ4n) is 3.01. The molecule has 0 aliphatic carbocycles. The Morgan fingerprint density at radius 1 is 1.19 bits per heavy atom. The van der Waals surface area contributed by atoms with Crippen LogP contribution in [0.5, 0.6) is 0 Å². The molecule has 1 aliphatic heterocycles. The SMILES string of the molecule is CCN1/C(=C/C=C(\C#N)C(=O)Nc2ccccc2)C=Cc2cc(C)ccc21. The summed E-state index contributed by atoms with van der Waals surface area (Å²) in [7, 11) is 0. The number of nitrogens with zero attached hydrogens (tertiary/aromatic N) is 2. The number of nitriles is 1. The number of carbonyl (C=O) groups excluding carboxylic acids is 1. The second-order valence-corrected chi connectivity index (χ2v) is 6.24. The number of carbonyl (C=O) groups is 1. The zero-order valence-corrected chi connectivity index (χ0v) is 15.4. The van der Waals surface area contributed by atoms with E-state index < -0.39 is 5.91 Å². The van der Waals surface area contributed by atoms with E-state index in [4.69, 9.17) is 0 Å². The number of aryl methyl sites for hydroxylation is 1. The van der Waals surface area contributed by atoms with E-state index in [1.165, 1.54) is 11.1 Å². The molecule has 0 atom stereocenters. The van der Waals surface area contributed by atoms with Crippen molar-refractivity contribution >= 4 is 23.4 Å². The number of para-hydroxylation sites is 1. The molecule has 4 nitrogen and oxygen atoms in total. The number of nitrogens with one attached hydrogen (secondary N) is 1. The van der Waals surface area contributed by atoms with E-state index in [0.717, 1.165) is 17.9 Å². The van der Waals surface area contributed by atoms with Gasteiger partial charge in [-0.05, 0) is 61.9 Å². The van der Waals surface area contributed by atoms with Gasteiger partial charge in [-0.3, -0.25) is 4.79 Å². The smallest absolute Gasteiger partial charge is 0.266 e. The third kappa shape index (κ3) is 4.16. The van der Waals surface area contributed by atoms with E-state index in [1.54, 1.807) is 18.2 Å². The highest BCUT2D eigenvalue weighted by atomic mass is 16.1. The maximum atomic E-state index is 12.3. The number of anilines is 2. The van der Waals surface area contributed by atoms with Crippen molar-refractivity contribution in [3.8, 4) is 6.07 Å². The molecule has 0 saturated carbocycles. The minimum atomic E-state index is -0.417. The lowest BCUT2D eigenvalue weighted by molar-refractivity contribution is -0.112. The summed E-state index contributed by atoms with van der Waals surface area (Å²) < 4.78 is 0. The van der Waals surface area contributed by atoms with Crippen LogP contribution in [0.25, 0.3) is 6.08 Å². The Hall–Kier alpha value is -3.58. The van der Waals surface area contributed by atoms with E-state index in [9.17, 15) is 10.1 Å². The lowest BCUT2D eigenvalue weighted by Crippen LogP contribution is -2.23. The van der Waals surface area contributed by atoms with Crippen molar-refractivity contribution < 1.29 is 4.79 Å². The number of benzene rings is 2. The van der Waals surface area contributed by atoms with E-state index in [0.29, 0.717) is 5.69 Å². The van der Waals surface area contributed by atoms with Crippen molar-refractivity contribution in [1.82, 2.24) is 0 Å². The summed E-state index contributed by atoms with van der Waals surface area (Å²) in [5.74, 6) is -0.417. The summed E-state index contributed by atoms with van der Waals surface area (Å²) in [6, 6.07) is 17.4. The Morgan fingerprint density at radius 3 is 2.67 bits per heavy atom. The maximum absolute atomic E-state index is 12.3. The Kier molecular flexibility index (Phi) is 5.53. The molecule has 2 aromatic carbocycles. The van der Waals surface area contributed by atoms with Gasteiger partial charge in [0.25, 0.3) is 5.91 Å². The number of rotatable bonds is 4. The highest BCUT2D eigenvalue weighted by Gasteiger charge is 2.16. The topological polar surface area (TPSA) is 56.1 Å². The molecule has 0 aromatic heterocycles. The molecule has 0 spiro atoms. The van der Waals surface area contributed by atoms with Crippen LogP contribution in [0, 0.1) is 18.3 Å². The molecule has 0 radical (unpaired) electrons. The van der Waals surface area contributed by atoms with Gasteiger partial charge >= 0.3 is 0 Å². The largest absolute Gasteiger partial charge is 0.341 e. The summed E-state index contributed by atoms with van der Waals surface area (Å²) in [4.78, 5) is 14.5. The van der Waals surface area contributed by atoms with Crippen LogP contribution in [-0.2, 0) is 4.79 Å². The number of hydrogen-bond acceptors (Lipinski definition) is 3. The van der Waals surface area contributed by atoms with Crippen LogP contribution >= 0.6 is 0 Å². The van der Waals surface area contributed by atoms with Crippen LogP contribution in [0.1, 0.15) is 18.1 Å². The van der Waals surface area contributed by atoms with E-state index in [1.807, 2.05) is 36.4 Å². The number of amides is 1. The lowest BCUT2D eigenvalue weighted by Gasteiger charge is -2.29. The highest BCUT2D eigenvalue weighted by Crippen LogP contribution is 2.31. The number of allylic oxidation sites excluding steroid dienone is 3. The van der Waals surface area contributed by atoms with Gasteiger partial charge in [-0.2, -0.15) is 5.26 Å². The van der Waals surface area contributed by atoms with Crippen molar-refractivity contribution in [2.24, 2.45) is 0 Å². The summed E-state index contributed by atoms with van der Waals surface area (Å²) in [5, 5.41) is 12.1. The first-order chi connectivity index (χ1) is 13.1. The van der Waals surface area contributed by atoms with Gasteiger partial charge in [-0.15, -0.1) is 0 Å². The van der Waals surface area contributed by atoms with Gasteiger partial charge in [0.1, 0.15) is 11.6 Å². The Labute approximate surface area is 159 Å². The predicted molar refractivity (Wildman–Crippen MR) is 110 cm³/mol. The van der Waals surface area contributed by atoms with E-state index in [2.05, 4.69) is 48.3 Å². The third-order valence-corrected chi connectivity index (χ3v) is 4.35. The second-order valence-electron chi connectivity index (χ2n) is 6.24. The van der Waals surface area contributed by atoms with E-state index >= 15 is 0 Å². The summed E-state index contributed by atoms with van der Waals surface area (Å²) in [5.41, 5.74) is 5.16. The average Bonchev–Trinajstić information content (AvgIpc) is 2.68. The number of fused-ring (bicyclic) bond motifs is 1. The molecule has 0 unspecified atom stereocenters. The Bertz CT molecular complexity index is 978. The average molecular weight is 355 g/mol. The Morgan fingerprint density at radius 2 is 1.96 bits per heavy atom. The van der Waals surface area contributed by atoms with Gasteiger partial charge in [0, 0.05) is 23.6 Å². The third-order valence-electron chi connectivity index (χ3n) is 4.35. The van der Waals surface area contributed by atoms with Crippen LogP contribution < -0.4 is 10.2 Å². The van der Waals surface area contributed by atoms with Crippen LogP contribution in [0.3, 0.4) is 0 Å².